The van der Waals surface area contributed by atoms with Gasteiger partial charge in [0.2, 0.25) is 17.7 Å². The molecule has 3 amide bonds. The summed E-state index contributed by atoms with van der Waals surface area (Å²) in [7, 11) is 0. The lowest BCUT2D eigenvalue weighted by molar-refractivity contribution is -0.122. The topological polar surface area (TPSA) is 78.5 Å². The number of para-hydroxylation sites is 1. The number of carbonyl (C=O) groups excluding carboxylic acids is 3. The highest BCUT2D eigenvalue weighted by atomic mass is 35.5. The smallest absolute Gasteiger partial charge is 0.229 e. The highest BCUT2D eigenvalue weighted by Gasteiger charge is 2.35. The van der Waals surface area contributed by atoms with Crippen molar-refractivity contribution in [1.29, 1.82) is 0 Å². The third kappa shape index (κ3) is 4.03. The fourth-order valence-corrected chi connectivity index (χ4v) is 3.15. The summed E-state index contributed by atoms with van der Waals surface area (Å²) >= 11 is 6.16. The Morgan fingerprint density at radius 3 is 2.46 bits per heavy atom. The molecule has 1 saturated heterocycles. The SMILES string of the molecule is CC(=O)Nc1cccc(NC(=O)[C@@H]2CC(=O)N(c3ccccc3Cl)C2)c1. The number of amides is 3. The Hall–Kier alpha value is -2.86. The molecule has 7 heteroatoms. The molecule has 26 heavy (non-hydrogen) atoms. The summed E-state index contributed by atoms with van der Waals surface area (Å²) < 4.78 is 0. The van der Waals surface area contributed by atoms with Gasteiger partial charge >= 0.3 is 0 Å². The van der Waals surface area contributed by atoms with Crippen LogP contribution < -0.4 is 15.5 Å². The second-order valence-corrected chi connectivity index (χ2v) is 6.52. The first-order valence-corrected chi connectivity index (χ1v) is 8.55. The van der Waals surface area contributed by atoms with E-state index in [0.717, 1.165) is 0 Å². The quantitative estimate of drug-likeness (QED) is 0.865. The standard InChI is InChI=1S/C19H18ClN3O3/c1-12(24)21-14-5-4-6-15(10-14)22-19(26)13-9-18(25)23(11-13)17-8-3-2-7-16(17)20/h2-8,10,13H,9,11H2,1H3,(H,21,24)(H,22,26)/t13-/m1/s1. The zero-order chi connectivity index (χ0) is 18.7. The van der Waals surface area contributed by atoms with E-state index >= 15 is 0 Å². The number of rotatable bonds is 4. The van der Waals surface area contributed by atoms with Gasteiger partial charge in [-0.05, 0) is 30.3 Å². The average Bonchev–Trinajstić information content (AvgIpc) is 2.97. The Bertz CT molecular complexity index is 869. The minimum absolute atomic E-state index is 0.127. The number of anilines is 3. The van der Waals surface area contributed by atoms with E-state index in [-0.39, 0.29) is 30.7 Å². The number of hydrogen-bond acceptors (Lipinski definition) is 3. The maximum Gasteiger partial charge on any atom is 0.229 e. The summed E-state index contributed by atoms with van der Waals surface area (Å²) in [6, 6.07) is 13.9. The van der Waals surface area contributed by atoms with E-state index in [4.69, 9.17) is 11.6 Å². The van der Waals surface area contributed by atoms with Crippen LogP contribution in [0.25, 0.3) is 0 Å². The minimum atomic E-state index is -0.469. The van der Waals surface area contributed by atoms with Crippen molar-refractivity contribution in [1.82, 2.24) is 0 Å². The molecular formula is C19H18ClN3O3. The zero-order valence-corrected chi connectivity index (χ0v) is 14.9. The molecule has 0 radical (unpaired) electrons. The first-order valence-electron chi connectivity index (χ1n) is 8.17. The lowest BCUT2D eigenvalue weighted by atomic mass is 10.1. The van der Waals surface area contributed by atoms with Crippen molar-refractivity contribution in [3.05, 3.63) is 53.6 Å². The van der Waals surface area contributed by atoms with Crippen LogP contribution in [-0.2, 0) is 14.4 Å². The fraction of sp³-hybridized carbons (Fsp3) is 0.211. The van der Waals surface area contributed by atoms with Gasteiger partial charge in [-0.25, -0.2) is 0 Å². The third-order valence-corrected chi connectivity index (χ3v) is 4.41. The molecule has 0 saturated carbocycles. The highest BCUT2D eigenvalue weighted by molar-refractivity contribution is 6.33. The Morgan fingerprint density at radius 2 is 1.77 bits per heavy atom. The predicted octanol–water partition coefficient (Wildman–Crippen LogP) is 3.29. The van der Waals surface area contributed by atoms with Crippen LogP contribution >= 0.6 is 11.6 Å². The molecule has 3 rings (SSSR count). The van der Waals surface area contributed by atoms with Gasteiger partial charge in [0.05, 0.1) is 16.6 Å². The number of carbonyl (C=O) groups is 3. The van der Waals surface area contributed by atoms with Crippen molar-refractivity contribution in [3.8, 4) is 0 Å². The lowest BCUT2D eigenvalue weighted by Gasteiger charge is -2.18. The van der Waals surface area contributed by atoms with Crippen molar-refractivity contribution in [2.45, 2.75) is 13.3 Å². The number of halogens is 1. The molecule has 0 aliphatic carbocycles. The van der Waals surface area contributed by atoms with E-state index in [1.54, 1.807) is 53.4 Å². The van der Waals surface area contributed by atoms with E-state index in [1.165, 1.54) is 6.92 Å². The largest absolute Gasteiger partial charge is 0.326 e. The first kappa shape index (κ1) is 17.9. The number of hydrogen-bond donors (Lipinski definition) is 2. The molecule has 6 nitrogen and oxygen atoms in total. The Morgan fingerprint density at radius 1 is 1.08 bits per heavy atom. The normalized spacial score (nSPS) is 16.5. The van der Waals surface area contributed by atoms with Gasteiger partial charge in [-0.15, -0.1) is 0 Å². The summed E-state index contributed by atoms with van der Waals surface area (Å²) in [4.78, 5) is 37.5. The van der Waals surface area contributed by atoms with Crippen molar-refractivity contribution < 1.29 is 14.4 Å². The molecule has 0 aromatic heterocycles. The van der Waals surface area contributed by atoms with E-state index in [1.807, 2.05) is 0 Å². The fourth-order valence-electron chi connectivity index (χ4n) is 2.91. The third-order valence-electron chi connectivity index (χ3n) is 4.09. The Labute approximate surface area is 156 Å². The molecule has 2 aromatic carbocycles. The van der Waals surface area contributed by atoms with Crippen LogP contribution in [0.2, 0.25) is 5.02 Å². The van der Waals surface area contributed by atoms with Crippen molar-refractivity contribution >= 4 is 46.4 Å². The number of nitrogens with zero attached hydrogens (tertiary/aromatic N) is 1. The van der Waals surface area contributed by atoms with E-state index in [0.29, 0.717) is 22.1 Å². The van der Waals surface area contributed by atoms with Gasteiger partial charge in [0.25, 0.3) is 0 Å². The maximum absolute atomic E-state index is 12.5. The van der Waals surface area contributed by atoms with Crippen LogP contribution in [0.5, 0.6) is 0 Å². The van der Waals surface area contributed by atoms with Crippen LogP contribution in [0.15, 0.2) is 48.5 Å². The number of nitrogens with one attached hydrogen (secondary N) is 2. The van der Waals surface area contributed by atoms with E-state index in [2.05, 4.69) is 10.6 Å². The predicted molar refractivity (Wildman–Crippen MR) is 101 cm³/mol. The molecule has 1 aliphatic rings. The van der Waals surface area contributed by atoms with Crippen LogP contribution in [0, 0.1) is 5.92 Å². The maximum atomic E-state index is 12.5. The van der Waals surface area contributed by atoms with Crippen LogP contribution in [0.1, 0.15) is 13.3 Å². The van der Waals surface area contributed by atoms with Crippen LogP contribution in [0.3, 0.4) is 0 Å². The highest BCUT2D eigenvalue weighted by Crippen LogP contribution is 2.31. The molecule has 1 fully saturated rings. The minimum Gasteiger partial charge on any atom is -0.326 e. The van der Waals surface area contributed by atoms with Crippen LogP contribution in [0.4, 0.5) is 17.1 Å². The molecule has 0 bridgehead atoms. The van der Waals surface area contributed by atoms with E-state index in [9.17, 15) is 14.4 Å². The van der Waals surface area contributed by atoms with Crippen molar-refractivity contribution in [2.24, 2.45) is 5.92 Å². The van der Waals surface area contributed by atoms with Gasteiger partial charge in [-0.2, -0.15) is 0 Å². The number of benzene rings is 2. The van der Waals surface area contributed by atoms with Crippen molar-refractivity contribution in [2.75, 3.05) is 22.1 Å². The molecular weight excluding hydrogens is 354 g/mol. The summed E-state index contributed by atoms with van der Waals surface area (Å²) in [5, 5.41) is 5.94. The average molecular weight is 372 g/mol. The molecule has 0 spiro atoms. The second-order valence-electron chi connectivity index (χ2n) is 6.11. The summed E-state index contributed by atoms with van der Waals surface area (Å²) in [5.74, 6) is -1.04. The molecule has 2 N–H and O–H groups in total. The molecule has 1 heterocycles. The van der Waals surface area contributed by atoms with Crippen molar-refractivity contribution in [3.63, 3.8) is 0 Å². The summed E-state index contributed by atoms with van der Waals surface area (Å²) in [6.45, 7) is 1.69. The molecule has 0 unspecified atom stereocenters. The zero-order valence-electron chi connectivity index (χ0n) is 14.2. The van der Waals surface area contributed by atoms with Gasteiger partial charge in [0, 0.05) is 31.3 Å². The molecule has 1 aliphatic heterocycles. The Balaban J connectivity index is 1.69. The summed E-state index contributed by atoms with van der Waals surface area (Å²) in [6.07, 6.45) is 0.127. The Kier molecular flexibility index (Phi) is 5.23. The second kappa shape index (κ2) is 7.58. The molecule has 1 atom stereocenters. The summed E-state index contributed by atoms with van der Waals surface area (Å²) in [5.41, 5.74) is 1.77. The van der Waals surface area contributed by atoms with Gasteiger partial charge in [-0.3, -0.25) is 14.4 Å². The molecule has 2 aromatic rings. The van der Waals surface area contributed by atoms with Gasteiger partial charge in [-0.1, -0.05) is 29.8 Å². The van der Waals surface area contributed by atoms with Crippen LogP contribution in [-0.4, -0.2) is 24.3 Å². The molecule has 134 valence electrons. The van der Waals surface area contributed by atoms with Gasteiger partial charge < -0.3 is 15.5 Å². The monoisotopic (exact) mass is 371 g/mol. The van der Waals surface area contributed by atoms with Gasteiger partial charge in [0.1, 0.15) is 0 Å². The lowest BCUT2D eigenvalue weighted by Crippen LogP contribution is -2.28. The van der Waals surface area contributed by atoms with Gasteiger partial charge in [0.15, 0.2) is 0 Å². The first-order chi connectivity index (χ1) is 12.4. The van der Waals surface area contributed by atoms with E-state index < -0.39 is 5.92 Å².